The first kappa shape index (κ1) is 22.4. The maximum Gasteiger partial charge on any atom is 0.312 e. The van der Waals surface area contributed by atoms with Crippen LogP contribution in [0, 0.1) is 19.8 Å². The lowest BCUT2D eigenvalue weighted by molar-refractivity contribution is -0.161. The Balaban J connectivity index is 1.88. The van der Waals surface area contributed by atoms with E-state index in [1.54, 1.807) is 19.2 Å². The number of carbonyl (C=O) groups is 1. The van der Waals surface area contributed by atoms with Gasteiger partial charge in [-0.1, -0.05) is 48.5 Å². The van der Waals surface area contributed by atoms with E-state index in [1.807, 2.05) is 68.4 Å². The standard InChI is InChI=1S/C28H28O6/c1-16-14-17(2)23-21(15-16)34-28(19-10-12-20(32-3)13-11-19)24(18-8-6-5-7-9-18)22(26(30)33-4)25(29)27(23,28)31/h5-15,22,24-25,29,31H,1-4H3/t22-,24-,25-,27+,28+/m1/s1. The van der Waals surface area contributed by atoms with Crippen LogP contribution < -0.4 is 9.47 Å². The van der Waals surface area contributed by atoms with E-state index in [0.29, 0.717) is 22.6 Å². The van der Waals surface area contributed by atoms with Gasteiger partial charge in [-0.15, -0.1) is 0 Å². The molecule has 5 rings (SSSR count). The Kier molecular flexibility index (Phi) is 5.19. The Hall–Kier alpha value is -3.35. The lowest BCUT2D eigenvalue weighted by Gasteiger charge is -2.41. The molecule has 5 atom stereocenters. The van der Waals surface area contributed by atoms with Crippen LogP contribution >= 0.6 is 0 Å². The zero-order valence-electron chi connectivity index (χ0n) is 19.6. The maximum atomic E-state index is 13.1. The number of aliphatic hydroxyl groups is 2. The highest BCUT2D eigenvalue weighted by Crippen LogP contribution is 2.69. The summed E-state index contributed by atoms with van der Waals surface area (Å²) in [5.41, 5.74) is 0.237. The second kappa shape index (κ2) is 7.86. The molecule has 6 heteroatoms. The van der Waals surface area contributed by atoms with E-state index in [2.05, 4.69) is 0 Å². The number of carbonyl (C=O) groups excluding carboxylic acids is 1. The summed E-state index contributed by atoms with van der Waals surface area (Å²) in [6.07, 6.45) is -1.48. The molecule has 2 N–H and O–H groups in total. The van der Waals surface area contributed by atoms with Gasteiger partial charge in [0.25, 0.3) is 0 Å². The fourth-order valence-electron chi connectivity index (χ4n) is 6.10. The summed E-state index contributed by atoms with van der Waals surface area (Å²) in [6.45, 7) is 3.84. The van der Waals surface area contributed by atoms with Gasteiger partial charge in [0.1, 0.15) is 17.6 Å². The highest BCUT2D eigenvalue weighted by Gasteiger charge is 2.77. The molecule has 0 saturated heterocycles. The Labute approximate surface area is 198 Å². The van der Waals surface area contributed by atoms with Crippen molar-refractivity contribution >= 4 is 5.97 Å². The molecule has 0 spiro atoms. The zero-order valence-corrected chi connectivity index (χ0v) is 19.6. The third-order valence-electron chi connectivity index (χ3n) is 7.38. The van der Waals surface area contributed by atoms with Crippen LogP contribution in [-0.2, 0) is 20.7 Å². The molecule has 1 heterocycles. The molecule has 1 aliphatic heterocycles. The number of aliphatic hydroxyl groups excluding tert-OH is 1. The van der Waals surface area contributed by atoms with Crippen LogP contribution in [0.2, 0.25) is 0 Å². The monoisotopic (exact) mass is 460 g/mol. The first-order valence-electron chi connectivity index (χ1n) is 11.3. The van der Waals surface area contributed by atoms with E-state index >= 15 is 0 Å². The van der Waals surface area contributed by atoms with Crippen molar-refractivity contribution in [2.75, 3.05) is 14.2 Å². The molecule has 6 nitrogen and oxygen atoms in total. The van der Waals surface area contributed by atoms with Crippen LogP contribution in [0.25, 0.3) is 0 Å². The number of hydrogen-bond acceptors (Lipinski definition) is 6. The van der Waals surface area contributed by atoms with Crippen LogP contribution in [0.1, 0.15) is 33.7 Å². The molecular formula is C28H28O6. The van der Waals surface area contributed by atoms with E-state index in [0.717, 1.165) is 16.7 Å². The highest BCUT2D eigenvalue weighted by atomic mass is 16.5. The fourth-order valence-corrected chi connectivity index (χ4v) is 6.10. The molecule has 0 aromatic heterocycles. The number of hydrogen-bond donors (Lipinski definition) is 2. The van der Waals surface area contributed by atoms with E-state index in [-0.39, 0.29) is 0 Å². The van der Waals surface area contributed by atoms with E-state index < -0.39 is 35.1 Å². The molecule has 0 unspecified atom stereocenters. The second-order valence-electron chi connectivity index (χ2n) is 9.17. The number of benzene rings is 3. The van der Waals surface area contributed by atoms with Crippen molar-refractivity contribution in [2.45, 2.75) is 37.1 Å². The lowest BCUT2D eigenvalue weighted by atomic mass is 9.70. The average molecular weight is 461 g/mol. The van der Waals surface area contributed by atoms with Crippen molar-refractivity contribution in [3.63, 3.8) is 0 Å². The Morgan fingerprint density at radius 1 is 1.00 bits per heavy atom. The first-order valence-corrected chi connectivity index (χ1v) is 11.3. The largest absolute Gasteiger partial charge is 0.497 e. The fraction of sp³-hybridized carbons (Fsp3) is 0.321. The summed E-state index contributed by atoms with van der Waals surface area (Å²) in [5, 5.41) is 24.4. The van der Waals surface area contributed by atoms with Crippen molar-refractivity contribution in [1.82, 2.24) is 0 Å². The topological polar surface area (TPSA) is 85.2 Å². The molecule has 3 aromatic rings. The lowest BCUT2D eigenvalue weighted by Crippen LogP contribution is -2.52. The minimum atomic E-state index is -1.91. The SMILES string of the molecule is COC(=O)[C@H]1[C@@H](O)[C@@]2(O)c3c(C)cc(C)cc3O[C@@]2(c2ccc(OC)cc2)[C@@H]1c1ccccc1. The summed E-state index contributed by atoms with van der Waals surface area (Å²) < 4.78 is 17.2. The summed E-state index contributed by atoms with van der Waals surface area (Å²) in [5.74, 6) is -1.26. The maximum absolute atomic E-state index is 13.1. The van der Waals surface area contributed by atoms with E-state index in [1.165, 1.54) is 7.11 Å². The van der Waals surface area contributed by atoms with E-state index in [4.69, 9.17) is 14.2 Å². The number of methoxy groups -OCH3 is 2. The molecule has 1 aliphatic carbocycles. The molecule has 2 aliphatic rings. The van der Waals surface area contributed by atoms with Crippen molar-refractivity contribution in [2.24, 2.45) is 5.92 Å². The number of esters is 1. The van der Waals surface area contributed by atoms with E-state index in [9.17, 15) is 15.0 Å². The molecular weight excluding hydrogens is 432 g/mol. The van der Waals surface area contributed by atoms with Gasteiger partial charge in [-0.3, -0.25) is 4.79 Å². The number of ether oxygens (including phenoxy) is 3. The predicted molar refractivity (Wildman–Crippen MR) is 126 cm³/mol. The molecule has 0 radical (unpaired) electrons. The van der Waals surface area contributed by atoms with Crippen molar-refractivity contribution in [3.8, 4) is 11.5 Å². The molecule has 3 aromatic carbocycles. The molecule has 0 amide bonds. The van der Waals surface area contributed by atoms with Gasteiger partial charge in [0.2, 0.25) is 0 Å². The van der Waals surface area contributed by atoms with Gasteiger partial charge >= 0.3 is 5.97 Å². The number of fused-ring (bicyclic) bond motifs is 3. The summed E-state index contributed by atoms with van der Waals surface area (Å²) >= 11 is 0. The van der Waals surface area contributed by atoms with Crippen molar-refractivity contribution < 1.29 is 29.2 Å². The third kappa shape index (κ3) is 2.79. The number of aryl methyl sites for hydroxylation is 2. The average Bonchev–Trinajstić information content (AvgIpc) is 3.22. The van der Waals surface area contributed by atoms with Gasteiger partial charge in [-0.2, -0.15) is 0 Å². The Bertz CT molecular complexity index is 1240. The van der Waals surface area contributed by atoms with Crippen LogP contribution in [0.3, 0.4) is 0 Å². The molecule has 0 bridgehead atoms. The summed E-state index contributed by atoms with van der Waals surface area (Å²) in [7, 11) is 2.87. The first-order chi connectivity index (χ1) is 16.3. The zero-order chi connectivity index (χ0) is 24.3. The van der Waals surface area contributed by atoms with Gasteiger partial charge in [0.05, 0.1) is 20.1 Å². The molecule has 176 valence electrons. The van der Waals surface area contributed by atoms with Crippen LogP contribution in [0.5, 0.6) is 11.5 Å². The Morgan fingerprint density at radius 3 is 2.29 bits per heavy atom. The smallest absolute Gasteiger partial charge is 0.312 e. The number of rotatable bonds is 4. The van der Waals surface area contributed by atoms with Gasteiger partial charge in [0.15, 0.2) is 11.2 Å². The molecule has 1 fully saturated rings. The van der Waals surface area contributed by atoms with Crippen LogP contribution in [0.4, 0.5) is 0 Å². The summed E-state index contributed by atoms with van der Waals surface area (Å²) in [4.78, 5) is 13.1. The quantitative estimate of drug-likeness (QED) is 0.577. The normalized spacial score (nSPS) is 29.2. The van der Waals surface area contributed by atoms with Gasteiger partial charge < -0.3 is 24.4 Å². The third-order valence-corrected chi connectivity index (χ3v) is 7.38. The molecule has 1 saturated carbocycles. The minimum absolute atomic E-state index is 0.494. The minimum Gasteiger partial charge on any atom is -0.497 e. The van der Waals surface area contributed by atoms with Gasteiger partial charge in [-0.05, 0) is 54.3 Å². The van der Waals surface area contributed by atoms with Crippen molar-refractivity contribution in [1.29, 1.82) is 0 Å². The van der Waals surface area contributed by atoms with Gasteiger partial charge in [0, 0.05) is 11.5 Å². The highest BCUT2D eigenvalue weighted by molar-refractivity contribution is 5.78. The second-order valence-corrected chi connectivity index (χ2v) is 9.17. The van der Waals surface area contributed by atoms with Crippen LogP contribution in [0.15, 0.2) is 66.7 Å². The summed E-state index contributed by atoms with van der Waals surface area (Å²) in [6, 6.07) is 20.4. The van der Waals surface area contributed by atoms with Gasteiger partial charge in [-0.25, -0.2) is 0 Å². The Morgan fingerprint density at radius 2 is 1.68 bits per heavy atom. The van der Waals surface area contributed by atoms with Crippen molar-refractivity contribution in [3.05, 3.63) is 94.5 Å². The predicted octanol–water partition coefficient (Wildman–Crippen LogP) is 3.74. The molecule has 34 heavy (non-hydrogen) atoms. The van der Waals surface area contributed by atoms with Crippen LogP contribution in [-0.4, -0.2) is 36.5 Å².